The van der Waals surface area contributed by atoms with Crippen molar-refractivity contribution in [1.29, 1.82) is 0 Å². The molecule has 0 heterocycles. The Kier molecular flexibility index (Phi) is 43.1. The fourth-order valence-corrected chi connectivity index (χ4v) is 6.00. The fourth-order valence-electron chi connectivity index (χ4n) is 6.00. The van der Waals surface area contributed by atoms with Gasteiger partial charge in [-0.05, 0) is 51.4 Å². The van der Waals surface area contributed by atoms with Gasteiger partial charge in [0.25, 0.3) is 0 Å². The van der Waals surface area contributed by atoms with Crippen molar-refractivity contribution in [2.75, 3.05) is 13.2 Å². The van der Waals surface area contributed by atoms with Crippen LogP contribution in [0.2, 0.25) is 0 Å². The molecule has 0 fully saturated rings. The molecule has 0 bridgehead atoms. The number of unbranched alkanes of at least 4 members (excludes halogenated alkanes) is 18. The summed E-state index contributed by atoms with van der Waals surface area (Å²) in [5.74, 6) is -1.08. The van der Waals surface area contributed by atoms with Gasteiger partial charge in [0, 0.05) is 12.8 Å². The molecular weight excluding hydrogens is 721 g/mol. The van der Waals surface area contributed by atoms with Gasteiger partial charge in [0.2, 0.25) is 0 Å². The highest BCUT2D eigenvalue weighted by Crippen LogP contribution is 2.14. The van der Waals surface area contributed by atoms with Gasteiger partial charge in [-0.3, -0.25) is 14.4 Å². The molecule has 0 saturated heterocycles. The number of ether oxygens (including phenoxy) is 3. The molecule has 0 aliphatic rings. The average molecular weight is 805 g/mol. The molecule has 0 aliphatic carbocycles. The summed E-state index contributed by atoms with van der Waals surface area (Å²) in [6.45, 7) is 6.29. The summed E-state index contributed by atoms with van der Waals surface area (Å²) >= 11 is 0. The van der Waals surface area contributed by atoms with Gasteiger partial charge < -0.3 is 14.2 Å². The highest BCUT2D eigenvalue weighted by atomic mass is 16.6. The molecule has 0 amide bonds. The van der Waals surface area contributed by atoms with E-state index in [1.807, 2.05) is 42.5 Å². The van der Waals surface area contributed by atoms with E-state index in [1.165, 1.54) is 70.6 Å². The molecule has 58 heavy (non-hydrogen) atoms. The summed E-state index contributed by atoms with van der Waals surface area (Å²) in [6, 6.07) is 0. The van der Waals surface area contributed by atoms with Gasteiger partial charge in [-0.2, -0.15) is 0 Å². The van der Waals surface area contributed by atoms with Crippen LogP contribution in [0.5, 0.6) is 0 Å². The van der Waals surface area contributed by atoms with Crippen LogP contribution < -0.4 is 0 Å². The second-order valence-electron chi connectivity index (χ2n) is 15.1. The molecule has 0 rings (SSSR count). The first-order valence-corrected chi connectivity index (χ1v) is 23.3. The van der Waals surface area contributed by atoms with E-state index >= 15 is 0 Å². The molecule has 0 radical (unpaired) electrons. The van der Waals surface area contributed by atoms with E-state index in [-0.39, 0.29) is 31.6 Å². The Balaban J connectivity index is 4.46. The monoisotopic (exact) mass is 805 g/mol. The SMILES string of the molecule is CC/C=C\C/C=C\C/C=C\CC(=O)OCC(COC(=O)CCCCCCC\C=C/C=C\C=C/C=C\C=C/CCC)OC(=O)CCCCCCCCCCCCCCC. The van der Waals surface area contributed by atoms with Crippen molar-refractivity contribution in [3.05, 3.63) is 97.2 Å². The van der Waals surface area contributed by atoms with Crippen molar-refractivity contribution in [2.24, 2.45) is 0 Å². The second kappa shape index (κ2) is 46.0. The quantitative estimate of drug-likeness (QED) is 0.0202. The van der Waals surface area contributed by atoms with E-state index in [0.29, 0.717) is 12.8 Å². The maximum Gasteiger partial charge on any atom is 0.309 e. The molecule has 0 aromatic rings. The van der Waals surface area contributed by atoms with Crippen molar-refractivity contribution in [2.45, 2.75) is 200 Å². The number of allylic oxidation sites excluding steroid dienone is 15. The molecule has 1 atom stereocenters. The largest absolute Gasteiger partial charge is 0.462 e. The Labute approximate surface area is 356 Å². The standard InChI is InChI=1S/C52H84O6/c1-4-7-10-13-16-19-21-23-24-25-26-27-29-30-33-36-39-42-45-51(54)57-48-49(47-56-50(53)44-41-38-35-32-18-15-12-9-6-3)58-52(55)46-43-40-37-34-31-28-22-20-17-14-11-8-5-2/h9-10,12-13,16,18-19,21,23-27,32,38,41,49H,4-8,11,14-15,17,20,22,28-31,33-37,39-40,42-48H2,1-3H3/b12-9-,13-10-,19-16-,23-21-,25-24-,27-26-,32-18-,41-38-. The molecule has 328 valence electrons. The highest BCUT2D eigenvalue weighted by molar-refractivity contribution is 5.72. The average Bonchev–Trinajstić information content (AvgIpc) is 3.22. The first-order valence-electron chi connectivity index (χ1n) is 23.3. The lowest BCUT2D eigenvalue weighted by molar-refractivity contribution is -0.166. The van der Waals surface area contributed by atoms with Gasteiger partial charge in [0.15, 0.2) is 6.10 Å². The predicted molar refractivity (Wildman–Crippen MR) is 247 cm³/mol. The van der Waals surface area contributed by atoms with Crippen molar-refractivity contribution in [3.63, 3.8) is 0 Å². The first kappa shape index (κ1) is 54.3. The lowest BCUT2D eigenvalue weighted by atomic mass is 10.0. The lowest BCUT2D eigenvalue weighted by Gasteiger charge is -2.18. The lowest BCUT2D eigenvalue weighted by Crippen LogP contribution is -2.30. The van der Waals surface area contributed by atoms with Crippen LogP contribution >= 0.6 is 0 Å². The number of hydrogen-bond donors (Lipinski definition) is 0. The van der Waals surface area contributed by atoms with E-state index in [9.17, 15) is 14.4 Å². The third kappa shape index (κ3) is 43.5. The molecule has 1 unspecified atom stereocenters. The van der Waals surface area contributed by atoms with Gasteiger partial charge >= 0.3 is 17.9 Å². The third-order valence-corrected chi connectivity index (χ3v) is 9.46. The zero-order valence-corrected chi connectivity index (χ0v) is 37.3. The normalized spacial score (nSPS) is 12.9. The maximum atomic E-state index is 12.7. The number of rotatable bonds is 40. The molecule has 0 spiro atoms. The van der Waals surface area contributed by atoms with Crippen molar-refractivity contribution >= 4 is 17.9 Å². The molecule has 6 nitrogen and oxygen atoms in total. The number of carbonyl (C=O) groups excluding carboxylic acids is 3. The van der Waals surface area contributed by atoms with Gasteiger partial charge in [-0.15, -0.1) is 0 Å². The maximum absolute atomic E-state index is 12.7. The fraction of sp³-hybridized carbons (Fsp3) is 0.635. The zero-order valence-electron chi connectivity index (χ0n) is 37.3. The van der Waals surface area contributed by atoms with Crippen molar-refractivity contribution < 1.29 is 28.6 Å². The molecule has 0 aromatic heterocycles. The van der Waals surface area contributed by atoms with E-state index in [1.54, 1.807) is 6.08 Å². The molecule has 0 aromatic carbocycles. The van der Waals surface area contributed by atoms with Crippen LogP contribution in [0, 0.1) is 0 Å². The zero-order chi connectivity index (χ0) is 42.3. The van der Waals surface area contributed by atoms with Gasteiger partial charge in [0.1, 0.15) is 13.2 Å². The summed E-state index contributed by atoms with van der Waals surface area (Å²) in [4.78, 5) is 37.7. The van der Waals surface area contributed by atoms with E-state index in [4.69, 9.17) is 14.2 Å². The summed E-state index contributed by atoms with van der Waals surface area (Å²) in [6.07, 6.45) is 59.9. The van der Waals surface area contributed by atoms with Crippen molar-refractivity contribution in [1.82, 2.24) is 0 Å². The van der Waals surface area contributed by atoms with Crippen LogP contribution in [0.1, 0.15) is 194 Å². The summed E-state index contributed by atoms with van der Waals surface area (Å²) < 4.78 is 16.6. The molecule has 0 saturated carbocycles. The van der Waals surface area contributed by atoms with Crippen molar-refractivity contribution in [3.8, 4) is 0 Å². The van der Waals surface area contributed by atoms with Crippen LogP contribution in [0.4, 0.5) is 0 Å². The van der Waals surface area contributed by atoms with Crippen LogP contribution in [-0.2, 0) is 28.6 Å². The minimum absolute atomic E-state index is 0.118. The van der Waals surface area contributed by atoms with Crippen LogP contribution in [0.15, 0.2) is 97.2 Å². The molecular formula is C52H84O6. The van der Waals surface area contributed by atoms with Crippen LogP contribution in [-0.4, -0.2) is 37.2 Å². The van der Waals surface area contributed by atoms with Gasteiger partial charge in [-0.25, -0.2) is 0 Å². The summed E-state index contributed by atoms with van der Waals surface area (Å²) in [7, 11) is 0. The Morgan fingerprint density at radius 2 is 0.828 bits per heavy atom. The third-order valence-electron chi connectivity index (χ3n) is 9.46. The van der Waals surface area contributed by atoms with Crippen LogP contribution in [0.25, 0.3) is 0 Å². The topological polar surface area (TPSA) is 78.9 Å². The predicted octanol–water partition coefficient (Wildman–Crippen LogP) is 15.0. The van der Waals surface area contributed by atoms with Gasteiger partial charge in [0.05, 0.1) is 6.42 Å². The molecule has 0 aliphatic heterocycles. The summed E-state index contributed by atoms with van der Waals surface area (Å²) in [5.41, 5.74) is 0. The number of hydrogen-bond acceptors (Lipinski definition) is 6. The van der Waals surface area contributed by atoms with E-state index < -0.39 is 12.1 Å². The van der Waals surface area contributed by atoms with E-state index in [2.05, 4.69) is 69.4 Å². The molecule has 0 N–H and O–H groups in total. The Morgan fingerprint density at radius 1 is 0.397 bits per heavy atom. The number of esters is 3. The van der Waals surface area contributed by atoms with E-state index in [0.717, 1.165) is 83.5 Å². The Bertz CT molecular complexity index is 1200. The van der Waals surface area contributed by atoms with Crippen LogP contribution in [0.3, 0.4) is 0 Å². The first-order chi connectivity index (χ1) is 28.5. The number of carbonyl (C=O) groups is 3. The minimum Gasteiger partial charge on any atom is -0.462 e. The summed E-state index contributed by atoms with van der Waals surface area (Å²) in [5, 5.41) is 0. The minimum atomic E-state index is -0.820. The van der Waals surface area contributed by atoms with Gasteiger partial charge in [-0.1, -0.05) is 221 Å². The Hall–Kier alpha value is -3.67. The highest BCUT2D eigenvalue weighted by Gasteiger charge is 2.19. The Morgan fingerprint density at radius 3 is 1.36 bits per heavy atom. The second-order valence-corrected chi connectivity index (χ2v) is 15.1. The molecule has 6 heteroatoms. The smallest absolute Gasteiger partial charge is 0.309 e.